The van der Waals surface area contributed by atoms with E-state index in [9.17, 15) is 4.79 Å². The van der Waals surface area contributed by atoms with Gasteiger partial charge in [0, 0.05) is 30.6 Å². The highest BCUT2D eigenvalue weighted by molar-refractivity contribution is 6.29. The van der Waals surface area contributed by atoms with Gasteiger partial charge < -0.3 is 10.6 Å². The molecule has 0 bridgehead atoms. The molecule has 0 unspecified atom stereocenters. The number of ketones is 1. The zero-order valence-corrected chi connectivity index (χ0v) is 13.8. The fraction of sp³-hybridized carbons (Fsp3) is 0.353. The van der Waals surface area contributed by atoms with Gasteiger partial charge in [0.05, 0.1) is 0 Å². The molecular weight excluding hydrogens is 312 g/mol. The molecule has 0 radical (unpaired) electrons. The zero-order valence-electron chi connectivity index (χ0n) is 13.0. The minimum Gasteiger partial charge on any atom is -0.368 e. The van der Waals surface area contributed by atoms with E-state index in [4.69, 9.17) is 17.3 Å². The van der Waals surface area contributed by atoms with E-state index in [2.05, 4.69) is 14.9 Å². The van der Waals surface area contributed by atoms with Crippen molar-refractivity contribution in [2.45, 2.75) is 19.8 Å². The Bertz CT molecular complexity index is 689. The van der Waals surface area contributed by atoms with Gasteiger partial charge in [0.25, 0.3) is 0 Å². The van der Waals surface area contributed by atoms with Crippen molar-refractivity contribution >= 4 is 29.2 Å². The number of hydrogen-bond acceptors (Lipinski definition) is 5. The van der Waals surface area contributed by atoms with Crippen LogP contribution >= 0.6 is 11.6 Å². The summed E-state index contributed by atoms with van der Waals surface area (Å²) in [7, 11) is 0. The summed E-state index contributed by atoms with van der Waals surface area (Å²) in [6.07, 6.45) is 1.60. The number of nitrogen functional groups attached to an aromatic ring is 1. The summed E-state index contributed by atoms with van der Waals surface area (Å²) < 4.78 is 0. The number of rotatable bonds is 3. The Morgan fingerprint density at radius 1 is 1.22 bits per heavy atom. The van der Waals surface area contributed by atoms with E-state index in [-0.39, 0.29) is 17.6 Å². The van der Waals surface area contributed by atoms with E-state index in [0.717, 1.165) is 42.9 Å². The number of nitrogens with two attached hydrogens (primary N) is 1. The lowest BCUT2D eigenvalue weighted by Gasteiger charge is -2.32. The fourth-order valence-electron chi connectivity index (χ4n) is 2.91. The largest absolute Gasteiger partial charge is 0.368 e. The number of nitrogens with zero attached hydrogens (tertiary/aromatic N) is 3. The van der Waals surface area contributed by atoms with Crippen molar-refractivity contribution in [3.05, 3.63) is 46.6 Å². The predicted octanol–water partition coefficient (Wildman–Crippen LogP) is 3.12. The second kappa shape index (κ2) is 6.54. The van der Waals surface area contributed by atoms with E-state index in [1.54, 1.807) is 6.07 Å². The van der Waals surface area contributed by atoms with Crippen LogP contribution in [0.2, 0.25) is 5.15 Å². The standard InChI is InChI=1S/C17H19ClN4O/c1-11-2-4-12(5-3-11)16(23)13-6-8-22(9-7-13)15-10-14(18)20-17(19)21-15/h2-5,10,13H,6-9H2,1H3,(H2,19,20,21). The number of piperidine rings is 1. The molecule has 1 aromatic heterocycles. The van der Waals surface area contributed by atoms with Gasteiger partial charge in [-0.1, -0.05) is 41.4 Å². The Balaban J connectivity index is 1.66. The molecule has 1 aromatic carbocycles. The first-order valence-corrected chi connectivity index (χ1v) is 8.06. The van der Waals surface area contributed by atoms with E-state index in [1.165, 1.54) is 0 Å². The normalized spacial score (nSPS) is 15.7. The van der Waals surface area contributed by atoms with Gasteiger partial charge in [0.1, 0.15) is 11.0 Å². The van der Waals surface area contributed by atoms with Crippen LogP contribution in [0.3, 0.4) is 0 Å². The van der Waals surface area contributed by atoms with Gasteiger partial charge in [-0.15, -0.1) is 0 Å². The molecule has 0 atom stereocenters. The third-order valence-electron chi connectivity index (χ3n) is 4.22. The molecule has 1 fully saturated rings. The number of aryl methyl sites for hydroxylation is 1. The molecule has 1 saturated heterocycles. The van der Waals surface area contributed by atoms with Gasteiger partial charge in [-0.3, -0.25) is 4.79 Å². The molecule has 2 N–H and O–H groups in total. The van der Waals surface area contributed by atoms with Crippen LogP contribution in [0.1, 0.15) is 28.8 Å². The van der Waals surface area contributed by atoms with Gasteiger partial charge in [-0.2, -0.15) is 4.98 Å². The molecule has 0 aliphatic carbocycles. The lowest BCUT2D eigenvalue weighted by Crippen LogP contribution is -2.37. The number of benzene rings is 1. The van der Waals surface area contributed by atoms with Crippen molar-refractivity contribution in [3.63, 3.8) is 0 Å². The zero-order chi connectivity index (χ0) is 16.4. The maximum absolute atomic E-state index is 12.6. The molecule has 23 heavy (non-hydrogen) atoms. The maximum atomic E-state index is 12.6. The fourth-order valence-corrected chi connectivity index (χ4v) is 3.09. The molecule has 0 spiro atoms. The molecule has 3 rings (SSSR count). The summed E-state index contributed by atoms with van der Waals surface area (Å²) in [5, 5.41) is 0.338. The molecule has 0 amide bonds. The number of carbonyl (C=O) groups is 1. The van der Waals surface area contributed by atoms with Crippen molar-refractivity contribution < 1.29 is 4.79 Å². The lowest BCUT2D eigenvalue weighted by atomic mass is 9.88. The van der Waals surface area contributed by atoms with Crippen LogP contribution < -0.4 is 10.6 Å². The summed E-state index contributed by atoms with van der Waals surface area (Å²) in [5.74, 6) is 1.18. The van der Waals surface area contributed by atoms with E-state index in [0.29, 0.717) is 5.15 Å². The average Bonchev–Trinajstić information content (AvgIpc) is 2.54. The minimum atomic E-state index is 0.0589. The van der Waals surface area contributed by atoms with Crippen molar-refractivity contribution in [1.82, 2.24) is 9.97 Å². The molecule has 2 heterocycles. The summed E-state index contributed by atoms with van der Waals surface area (Å²) >= 11 is 5.93. The number of aromatic nitrogens is 2. The molecule has 120 valence electrons. The van der Waals surface area contributed by atoms with Crippen molar-refractivity contribution in [2.24, 2.45) is 5.92 Å². The Kier molecular flexibility index (Phi) is 4.48. The monoisotopic (exact) mass is 330 g/mol. The van der Waals surface area contributed by atoms with E-state index >= 15 is 0 Å². The quantitative estimate of drug-likeness (QED) is 0.691. The number of hydrogen-bond donors (Lipinski definition) is 1. The summed E-state index contributed by atoms with van der Waals surface area (Å²) in [5.41, 5.74) is 7.60. The van der Waals surface area contributed by atoms with Gasteiger partial charge in [0.2, 0.25) is 5.95 Å². The highest BCUT2D eigenvalue weighted by Gasteiger charge is 2.26. The van der Waals surface area contributed by atoms with Crippen LogP contribution in [-0.2, 0) is 0 Å². The predicted molar refractivity (Wildman–Crippen MR) is 91.9 cm³/mol. The summed E-state index contributed by atoms with van der Waals surface area (Å²) in [6, 6.07) is 9.49. The molecule has 6 heteroatoms. The smallest absolute Gasteiger partial charge is 0.223 e. The van der Waals surface area contributed by atoms with Crippen LogP contribution in [0.5, 0.6) is 0 Å². The number of anilines is 2. The highest BCUT2D eigenvalue weighted by atomic mass is 35.5. The number of halogens is 1. The van der Waals surface area contributed by atoms with E-state index < -0.39 is 0 Å². The molecule has 2 aromatic rings. The molecule has 1 aliphatic rings. The topological polar surface area (TPSA) is 72.1 Å². The van der Waals surface area contributed by atoms with Crippen LogP contribution in [0.4, 0.5) is 11.8 Å². The second-order valence-corrected chi connectivity index (χ2v) is 6.29. The number of Topliss-reactive ketones (excluding diaryl/α,β-unsaturated/α-hetero) is 1. The third-order valence-corrected chi connectivity index (χ3v) is 4.42. The van der Waals surface area contributed by atoms with Crippen molar-refractivity contribution in [2.75, 3.05) is 23.7 Å². The van der Waals surface area contributed by atoms with E-state index in [1.807, 2.05) is 31.2 Å². The minimum absolute atomic E-state index is 0.0589. The number of carbonyl (C=O) groups excluding carboxylic acids is 1. The summed E-state index contributed by atoms with van der Waals surface area (Å²) in [4.78, 5) is 22.8. The van der Waals surface area contributed by atoms with Gasteiger partial charge in [0.15, 0.2) is 5.78 Å². The lowest BCUT2D eigenvalue weighted by molar-refractivity contribution is 0.0900. The molecule has 1 aliphatic heterocycles. The average molecular weight is 331 g/mol. The Labute approximate surface area is 140 Å². The van der Waals surface area contributed by atoms with Crippen LogP contribution in [-0.4, -0.2) is 28.8 Å². The molecule has 5 nitrogen and oxygen atoms in total. The third kappa shape index (κ3) is 3.62. The summed E-state index contributed by atoms with van der Waals surface area (Å²) in [6.45, 7) is 3.54. The Hall–Kier alpha value is -2.14. The second-order valence-electron chi connectivity index (χ2n) is 5.90. The maximum Gasteiger partial charge on any atom is 0.223 e. The van der Waals surface area contributed by atoms with Gasteiger partial charge in [-0.25, -0.2) is 4.98 Å². The highest BCUT2D eigenvalue weighted by Crippen LogP contribution is 2.26. The molecular formula is C17H19ClN4O. The first kappa shape index (κ1) is 15.7. The van der Waals surface area contributed by atoms with Gasteiger partial charge in [-0.05, 0) is 19.8 Å². The SMILES string of the molecule is Cc1ccc(C(=O)C2CCN(c3cc(Cl)nc(N)n3)CC2)cc1. The van der Waals surface area contributed by atoms with Gasteiger partial charge >= 0.3 is 0 Å². The van der Waals surface area contributed by atoms with Crippen molar-refractivity contribution in [3.8, 4) is 0 Å². The first-order chi connectivity index (χ1) is 11.0. The van der Waals surface area contributed by atoms with Crippen LogP contribution in [0.15, 0.2) is 30.3 Å². The Morgan fingerprint density at radius 2 is 1.87 bits per heavy atom. The van der Waals surface area contributed by atoms with Crippen molar-refractivity contribution in [1.29, 1.82) is 0 Å². The first-order valence-electron chi connectivity index (χ1n) is 7.69. The van der Waals surface area contributed by atoms with Crippen LogP contribution in [0, 0.1) is 12.8 Å². The van der Waals surface area contributed by atoms with Crippen LogP contribution in [0.25, 0.3) is 0 Å². The molecule has 0 saturated carbocycles. The Morgan fingerprint density at radius 3 is 2.48 bits per heavy atom.